The number of nitro benzene ring substituents is 1. The third-order valence-electron chi connectivity index (χ3n) is 1.87. The molecular formula is C9H7N3O2Se. The molecule has 15 heavy (non-hydrogen) atoms. The Bertz CT molecular complexity index is 510. The molecule has 0 fully saturated rings. The Morgan fingerprint density at radius 3 is 2.87 bits per heavy atom. The molecule has 0 atom stereocenters. The summed E-state index contributed by atoms with van der Waals surface area (Å²) in [6.07, 6.45) is 0. The second-order valence-corrected chi connectivity index (χ2v) is 4.75. The molecule has 0 spiro atoms. The molecule has 0 aliphatic carbocycles. The van der Waals surface area contributed by atoms with Gasteiger partial charge >= 0.3 is 91.1 Å². The van der Waals surface area contributed by atoms with Gasteiger partial charge in [-0.15, -0.1) is 0 Å². The van der Waals surface area contributed by atoms with Crippen molar-refractivity contribution in [2.45, 2.75) is 0 Å². The van der Waals surface area contributed by atoms with Crippen molar-refractivity contribution < 1.29 is 4.92 Å². The predicted molar refractivity (Wildman–Crippen MR) is 57.7 cm³/mol. The summed E-state index contributed by atoms with van der Waals surface area (Å²) in [5, 5.41) is 10.6. The topological polar surface area (TPSA) is 82.0 Å². The fourth-order valence-corrected chi connectivity index (χ4v) is 2.40. The first-order valence-electron chi connectivity index (χ1n) is 4.12. The van der Waals surface area contributed by atoms with E-state index in [9.17, 15) is 10.1 Å². The van der Waals surface area contributed by atoms with Gasteiger partial charge in [-0.2, -0.15) is 0 Å². The van der Waals surface area contributed by atoms with Crippen molar-refractivity contribution >= 4 is 24.9 Å². The number of rotatable bonds is 2. The molecule has 6 heteroatoms. The number of nitrogens with two attached hydrogens (primary N) is 1. The molecule has 0 amide bonds. The summed E-state index contributed by atoms with van der Waals surface area (Å²) in [7, 11) is 0. The molecule has 1 aromatic carbocycles. The van der Waals surface area contributed by atoms with Crippen molar-refractivity contribution in [1.29, 1.82) is 0 Å². The van der Waals surface area contributed by atoms with Crippen molar-refractivity contribution in [2.24, 2.45) is 0 Å². The number of hydrogen-bond donors (Lipinski definition) is 1. The molecular weight excluding hydrogens is 261 g/mol. The second-order valence-electron chi connectivity index (χ2n) is 2.88. The summed E-state index contributed by atoms with van der Waals surface area (Å²) in [5.41, 5.74) is 7.10. The van der Waals surface area contributed by atoms with Crippen molar-refractivity contribution in [2.75, 3.05) is 5.73 Å². The average Bonchev–Trinajstić information content (AvgIpc) is 2.65. The maximum absolute atomic E-state index is 10.6. The number of anilines is 1. The molecule has 0 saturated carbocycles. The minimum atomic E-state index is -0.419. The zero-order valence-corrected chi connectivity index (χ0v) is 9.30. The first-order valence-corrected chi connectivity index (χ1v) is 5.97. The molecule has 2 aromatic rings. The van der Waals surface area contributed by atoms with Gasteiger partial charge in [0.05, 0.1) is 0 Å². The molecule has 0 radical (unpaired) electrons. The SMILES string of the molecule is Nc1nc(-c2cccc([N+](=O)[O-])c2)c[se]1. The Labute approximate surface area is 91.5 Å². The van der Waals surface area contributed by atoms with Gasteiger partial charge in [0.25, 0.3) is 0 Å². The average molecular weight is 268 g/mol. The van der Waals surface area contributed by atoms with E-state index in [-0.39, 0.29) is 20.2 Å². The quantitative estimate of drug-likeness (QED) is 0.505. The van der Waals surface area contributed by atoms with Crippen LogP contribution in [-0.4, -0.2) is 24.4 Å². The monoisotopic (exact) mass is 269 g/mol. The fourth-order valence-electron chi connectivity index (χ4n) is 1.20. The summed E-state index contributed by atoms with van der Waals surface area (Å²) in [5.74, 6) is 0. The first kappa shape index (κ1) is 9.89. The van der Waals surface area contributed by atoms with Gasteiger partial charge in [-0.3, -0.25) is 0 Å². The Hall–Kier alpha value is -1.65. The molecule has 0 saturated heterocycles. The van der Waals surface area contributed by atoms with E-state index in [4.69, 9.17) is 5.73 Å². The van der Waals surface area contributed by atoms with Crippen molar-refractivity contribution in [1.82, 2.24) is 4.98 Å². The molecule has 76 valence electrons. The van der Waals surface area contributed by atoms with Crippen LogP contribution < -0.4 is 5.73 Å². The van der Waals surface area contributed by atoms with Crippen LogP contribution in [0.4, 0.5) is 10.4 Å². The van der Waals surface area contributed by atoms with Crippen LogP contribution >= 0.6 is 0 Å². The van der Waals surface area contributed by atoms with Gasteiger partial charge in [0, 0.05) is 0 Å². The van der Waals surface area contributed by atoms with Gasteiger partial charge in [-0.05, 0) is 0 Å². The molecule has 1 aromatic heterocycles. The summed E-state index contributed by atoms with van der Waals surface area (Å²) < 4.78 is 0.601. The van der Waals surface area contributed by atoms with E-state index < -0.39 is 4.92 Å². The fraction of sp³-hybridized carbons (Fsp3) is 0. The zero-order valence-electron chi connectivity index (χ0n) is 7.58. The Balaban J connectivity index is 2.45. The predicted octanol–water partition coefficient (Wildman–Crippen LogP) is 1.30. The Morgan fingerprint density at radius 2 is 2.27 bits per heavy atom. The van der Waals surface area contributed by atoms with E-state index >= 15 is 0 Å². The van der Waals surface area contributed by atoms with Crippen molar-refractivity contribution in [3.63, 3.8) is 0 Å². The van der Waals surface area contributed by atoms with Crippen LogP contribution in [0.5, 0.6) is 0 Å². The number of non-ortho nitro benzene ring substituents is 1. The Morgan fingerprint density at radius 1 is 1.47 bits per heavy atom. The van der Waals surface area contributed by atoms with E-state index in [1.807, 2.05) is 4.94 Å². The molecule has 1 heterocycles. The van der Waals surface area contributed by atoms with E-state index in [1.54, 1.807) is 12.1 Å². The van der Waals surface area contributed by atoms with Crippen LogP contribution in [-0.2, 0) is 0 Å². The molecule has 2 rings (SSSR count). The minimum absolute atomic E-state index is 0.0709. The first-order chi connectivity index (χ1) is 7.16. The van der Waals surface area contributed by atoms with Gasteiger partial charge in [0.1, 0.15) is 0 Å². The Kier molecular flexibility index (Phi) is 2.53. The summed E-state index contributed by atoms with van der Waals surface area (Å²) in [4.78, 5) is 16.2. The molecule has 0 aliphatic rings. The normalized spacial score (nSPS) is 10.1. The summed E-state index contributed by atoms with van der Waals surface area (Å²) in [6.45, 7) is 0. The van der Waals surface area contributed by atoms with Gasteiger partial charge < -0.3 is 0 Å². The van der Waals surface area contributed by atoms with E-state index in [0.717, 1.165) is 11.3 Å². The van der Waals surface area contributed by atoms with Crippen molar-refractivity contribution in [3.05, 3.63) is 39.3 Å². The van der Waals surface area contributed by atoms with E-state index in [2.05, 4.69) is 4.98 Å². The van der Waals surface area contributed by atoms with E-state index in [0.29, 0.717) is 4.69 Å². The number of benzene rings is 1. The van der Waals surface area contributed by atoms with Crippen LogP contribution in [0.15, 0.2) is 29.2 Å². The molecule has 5 nitrogen and oxygen atoms in total. The van der Waals surface area contributed by atoms with Gasteiger partial charge in [-0.25, -0.2) is 0 Å². The second kappa shape index (κ2) is 3.84. The third-order valence-corrected chi connectivity index (χ3v) is 3.29. The van der Waals surface area contributed by atoms with Crippen LogP contribution in [0.25, 0.3) is 11.3 Å². The standard InChI is InChI=1S/C9H7N3O2Se/c10-9-11-8(5-15-9)6-2-1-3-7(4-6)12(13)14/h1-5H,(H2,10,11). The van der Waals surface area contributed by atoms with Gasteiger partial charge in [0.15, 0.2) is 0 Å². The third kappa shape index (κ3) is 2.06. The molecule has 0 unspecified atom stereocenters. The number of nitrogen functional groups attached to an aromatic ring is 1. The number of aromatic nitrogens is 1. The van der Waals surface area contributed by atoms with Crippen LogP contribution in [0.2, 0.25) is 0 Å². The van der Waals surface area contributed by atoms with E-state index in [1.165, 1.54) is 12.1 Å². The van der Waals surface area contributed by atoms with Crippen molar-refractivity contribution in [3.8, 4) is 11.3 Å². The number of hydrogen-bond acceptors (Lipinski definition) is 4. The molecule has 0 aliphatic heterocycles. The van der Waals surface area contributed by atoms with Gasteiger partial charge in [0.2, 0.25) is 0 Å². The maximum atomic E-state index is 10.6. The molecule has 2 N–H and O–H groups in total. The number of nitrogens with zero attached hydrogens (tertiary/aromatic N) is 2. The van der Waals surface area contributed by atoms with Gasteiger partial charge in [-0.1, -0.05) is 0 Å². The summed E-state index contributed by atoms with van der Waals surface area (Å²) in [6, 6.07) is 6.39. The summed E-state index contributed by atoms with van der Waals surface area (Å²) >= 11 is 0.0833. The molecule has 0 bridgehead atoms. The number of nitro groups is 1. The van der Waals surface area contributed by atoms with Crippen LogP contribution in [0, 0.1) is 10.1 Å². The van der Waals surface area contributed by atoms with Crippen LogP contribution in [0.3, 0.4) is 0 Å². The zero-order chi connectivity index (χ0) is 10.8. The van der Waals surface area contributed by atoms with Crippen LogP contribution in [0.1, 0.15) is 0 Å².